The summed E-state index contributed by atoms with van der Waals surface area (Å²) in [7, 11) is 0. The molecule has 30 heavy (non-hydrogen) atoms. The van der Waals surface area contributed by atoms with Crippen molar-refractivity contribution < 1.29 is 14.4 Å². The Bertz CT molecular complexity index is 959. The Hall–Kier alpha value is -2.71. The lowest BCUT2D eigenvalue weighted by molar-refractivity contribution is -0.138. The Morgan fingerprint density at radius 2 is 2.10 bits per heavy atom. The fraction of sp³-hybridized carbons (Fsp3) is 0.409. The molecule has 3 heterocycles. The number of nitrogens with one attached hydrogen (secondary N) is 2. The first-order valence-corrected chi connectivity index (χ1v) is 11.1. The molecule has 8 heteroatoms. The number of piperidine rings is 1. The number of urea groups is 1. The molecule has 4 rings (SSSR count). The minimum atomic E-state index is -0.468. The molecule has 2 fully saturated rings. The molecule has 2 N–H and O–H groups in total. The minimum Gasteiger partial charge on any atom is -0.324 e. The van der Waals surface area contributed by atoms with E-state index in [9.17, 15) is 14.4 Å². The molecule has 2 atom stereocenters. The van der Waals surface area contributed by atoms with Crippen molar-refractivity contribution in [1.82, 2.24) is 15.1 Å². The number of anilines is 1. The molecule has 2 aliphatic rings. The van der Waals surface area contributed by atoms with Gasteiger partial charge < -0.3 is 15.5 Å². The van der Waals surface area contributed by atoms with Gasteiger partial charge in [0.25, 0.3) is 0 Å². The van der Waals surface area contributed by atoms with Crippen molar-refractivity contribution in [1.29, 1.82) is 0 Å². The van der Waals surface area contributed by atoms with E-state index in [-0.39, 0.29) is 30.9 Å². The molecule has 158 valence electrons. The molecule has 2 aromatic rings. The van der Waals surface area contributed by atoms with E-state index in [1.165, 1.54) is 16.2 Å². The average molecular weight is 427 g/mol. The molecular formula is C22H26N4O3S. The summed E-state index contributed by atoms with van der Waals surface area (Å²) in [5.74, 6) is -0.462. The molecule has 4 amide bonds. The van der Waals surface area contributed by atoms with Crippen LogP contribution in [0.5, 0.6) is 0 Å². The predicted molar refractivity (Wildman–Crippen MR) is 116 cm³/mol. The van der Waals surface area contributed by atoms with Gasteiger partial charge in [0.15, 0.2) is 0 Å². The van der Waals surface area contributed by atoms with Crippen LogP contribution in [0.2, 0.25) is 0 Å². The standard InChI is InChI=1S/C22H26N4O3S/c1-14-7-8-15(2)17(11-14)24-19(27)13-25-18-6-3-9-23-20(18)21(28)26(22(25)29)12-16-5-4-10-30-16/h4-5,7-8,10-11,18,20,23H,3,6,9,12-13H2,1-2H3,(H,24,27). The predicted octanol–water partition coefficient (Wildman–Crippen LogP) is 2.89. The number of benzene rings is 1. The highest BCUT2D eigenvalue weighted by molar-refractivity contribution is 7.09. The summed E-state index contributed by atoms with van der Waals surface area (Å²) in [6.45, 7) is 4.79. The Kier molecular flexibility index (Phi) is 5.87. The third-order valence-electron chi connectivity index (χ3n) is 5.71. The fourth-order valence-corrected chi connectivity index (χ4v) is 4.81. The summed E-state index contributed by atoms with van der Waals surface area (Å²) in [6.07, 6.45) is 1.57. The Morgan fingerprint density at radius 3 is 2.87 bits per heavy atom. The lowest BCUT2D eigenvalue weighted by atomic mass is 9.93. The number of nitrogens with zero attached hydrogens (tertiary/aromatic N) is 2. The highest BCUT2D eigenvalue weighted by atomic mass is 32.1. The van der Waals surface area contributed by atoms with Gasteiger partial charge in [-0.15, -0.1) is 11.3 Å². The summed E-state index contributed by atoms with van der Waals surface area (Å²) in [4.78, 5) is 42.9. The Balaban J connectivity index is 1.54. The molecule has 2 unspecified atom stereocenters. The Morgan fingerprint density at radius 1 is 1.27 bits per heavy atom. The van der Waals surface area contributed by atoms with E-state index < -0.39 is 12.1 Å². The van der Waals surface area contributed by atoms with E-state index in [4.69, 9.17) is 0 Å². The van der Waals surface area contributed by atoms with Crippen LogP contribution in [0.1, 0.15) is 28.8 Å². The molecule has 2 aliphatic heterocycles. The zero-order valence-electron chi connectivity index (χ0n) is 17.2. The summed E-state index contributed by atoms with van der Waals surface area (Å²) in [6, 6.07) is 8.51. The smallest absolute Gasteiger partial charge is 0.324 e. The zero-order chi connectivity index (χ0) is 21.3. The van der Waals surface area contributed by atoms with Crippen LogP contribution < -0.4 is 10.6 Å². The number of imide groups is 1. The van der Waals surface area contributed by atoms with Crippen LogP contribution in [0, 0.1) is 13.8 Å². The van der Waals surface area contributed by atoms with E-state index in [1.54, 1.807) is 4.90 Å². The summed E-state index contributed by atoms with van der Waals surface area (Å²) in [5, 5.41) is 8.11. The van der Waals surface area contributed by atoms with E-state index in [2.05, 4.69) is 10.6 Å². The van der Waals surface area contributed by atoms with Gasteiger partial charge >= 0.3 is 6.03 Å². The van der Waals surface area contributed by atoms with Gasteiger partial charge in [0.05, 0.1) is 12.6 Å². The first-order valence-electron chi connectivity index (χ1n) is 10.2. The molecule has 0 spiro atoms. The van der Waals surface area contributed by atoms with Gasteiger partial charge in [-0.2, -0.15) is 0 Å². The molecule has 0 radical (unpaired) electrons. The van der Waals surface area contributed by atoms with E-state index in [0.29, 0.717) is 6.42 Å². The first kappa shape index (κ1) is 20.6. The molecule has 0 aliphatic carbocycles. The molecule has 0 bridgehead atoms. The van der Waals surface area contributed by atoms with Gasteiger partial charge in [0.2, 0.25) is 11.8 Å². The highest BCUT2D eigenvalue weighted by Crippen LogP contribution is 2.27. The van der Waals surface area contributed by atoms with Crippen molar-refractivity contribution >= 4 is 34.9 Å². The second-order valence-corrected chi connectivity index (χ2v) is 8.95. The summed E-state index contributed by atoms with van der Waals surface area (Å²) < 4.78 is 0. The van der Waals surface area contributed by atoms with Crippen molar-refractivity contribution in [2.24, 2.45) is 0 Å². The second kappa shape index (κ2) is 8.57. The van der Waals surface area contributed by atoms with Crippen molar-refractivity contribution in [3.05, 3.63) is 51.7 Å². The normalized spacial score (nSPS) is 21.5. The molecule has 1 aromatic carbocycles. The van der Waals surface area contributed by atoms with Crippen molar-refractivity contribution in [3.8, 4) is 0 Å². The van der Waals surface area contributed by atoms with Gasteiger partial charge in [-0.25, -0.2) is 4.79 Å². The molecule has 0 saturated carbocycles. The maximum atomic E-state index is 13.3. The number of aryl methyl sites for hydroxylation is 2. The van der Waals surface area contributed by atoms with Crippen molar-refractivity contribution in [3.63, 3.8) is 0 Å². The van der Waals surface area contributed by atoms with Gasteiger partial charge in [0, 0.05) is 10.6 Å². The van der Waals surface area contributed by atoms with Crippen LogP contribution in [0.25, 0.3) is 0 Å². The van der Waals surface area contributed by atoms with E-state index in [1.807, 2.05) is 49.6 Å². The molecule has 7 nitrogen and oxygen atoms in total. The first-order chi connectivity index (χ1) is 14.4. The number of fused-ring (bicyclic) bond motifs is 1. The summed E-state index contributed by atoms with van der Waals surface area (Å²) in [5.41, 5.74) is 2.76. The maximum Gasteiger partial charge on any atom is 0.327 e. The van der Waals surface area contributed by atoms with E-state index >= 15 is 0 Å². The number of thiophene rings is 1. The molecular weight excluding hydrogens is 400 g/mol. The largest absolute Gasteiger partial charge is 0.327 e. The number of hydrogen-bond donors (Lipinski definition) is 2. The maximum absolute atomic E-state index is 13.3. The zero-order valence-corrected chi connectivity index (χ0v) is 18.0. The molecule has 1 aromatic heterocycles. The Labute approximate surface area is 180 Å². The van der Waals surface area contributed by atoms with Crippen molar-refractivity contribution in [2.75, 3.05) is 18.4 Å². The van der Waals surface area contributed by atoms with Crippen LogP contribution in [-0.2, 0) is 16.1 Å². The monoisotopic (exact) mass is 426 g/mol. The number of rotatable bonds is 5. The fourth-order valence-electron chi connectivity index (χ4n) is 4.12. The third kappa shape index (κ3) is 4.11. The second-order valence-electron chi connectivity index (χ2n) is 7.92. The van der Waals surface area contributed by atoms with Crippen LogP contribution in [-0.4, -0.2) is 52.8 Å². The van der Waals surface area contributed by atoms with Gasteiger partial charge in [-0.1, -0.05) is 18.2 Å². The van der Waals surface area contributed by atoms with Gasteiger partial charge in [0.1, 0.15) is 12.6 Å². The van der Waals surface area contributed by atoms with Crippen LogP contribution >= 0.6 is 11.3 Å². The number of hydrogen-bond acceptors (Lipinski definition) is 5. The highest BCUT2D eigenvalue weighted by Gasteiger charge is 2.47. The topological polar surface area (TPSA) is 81.8 Å². The number of carbonyl (C=O) groups is 3. The lowest BCUT2D eigenvalue weighted by Crippen LogP contribution is -2.69. The number of carbonyl (C=O) groups excluding carboxylic acids is 3. The third-order valence-corrected chi connectivity index (χ3v) is 6.57. The van der Waals surface area contributed by atoms with Gasteiger partial charge in [-0.3, -0.25) is 14.5 Å². The SMILES string of the molecule is Cc1ccc(C)c(NC(=O)CN2C(=O)N(Cc3cccs3)C(=O)C3NCCCC32)c1. The number of amides is 4. The lowest BCUT2D eigenvalue weighted by Gasteiger charge is -2.46. The summed E-state index contributed by atoms with van der Waals surface area (Å²) >= 11 is 1.51. The van der Waals surface area contributed by atoms with Crippen molar-refractivity contribution in [2.45, 2.75) is 45.3 Å². The van der Waals surface area contributed by atoms with Crippen LogP contribution in [0.4, 0.5) is 10.5 Å². The van der Waals surface area contributed by atoms with Gasteiger partial charge in [-0.05, 0) is 61.9 Å². The molecule has 2 saturated heterocycles. The van der Waals surface area contributed by atoms with Crippen LogP contribution in [0.3, 0.4) is 0 Å². The van der Waals surface area contributed by atoms with E-state index in [0.717, 1.165) is 34.7 Å². The average Bonchev–Trinajstić information content (AvgIpc) is 3.24. The minimum absolute atomic E-state index is 0.0801. The van der Waals surface area contributed by atoms with Crippen LogP contribution in [0.15, 0.2) is 35.7 Å². The quantitative estimate of drug-likeness (QED) is 0.770.